The molecule has 1 saturated carbocycles. The van der Waals surface area contributed by atoms with Gasteiger partial charge in [-0.15, -0.1) is 0 Å². The van der Waals surface area contributed by atoms with Crippen molar-refractivity contribution in [2.45, 2.75) is 44.2 Å². The van der Waals surface area contributed by atoms with Crippen LogP contribution < -0.4 is 10.6 Å². The Labute approximate surface area is 124 Å². The molecule has 0 saturated heterocycles. The van der Waals surface area contributed by atoms with E-state index in [9.17, 15) is 4.79 Å². The molecule has 0 atom stereocenters. The maximum atomic E-state index is 12.2. The van der Waals surface area contributed by atoms with Gasteiger partial charge in [0.05, 0.1) is 6.42 Å². The predicted octanol–water partition coefficient (Wildman–Crippen LogP) is 2.02. The number of rotatable bonds is 4. The molecule has 21 heavy (non-hydrogen) atoms. The van der Waals surface area contributed by atoms with Gasteiger partial charge in [-0.2, -0.15) is 0 Å². The van der Waals surface area contributed by atoms with Gasteiger partial charge in [-0.25, -0.2) is 0 Å². The molecule has 1 aliphatic rings. The van der Waals surface area contributed by atoms with E-state index in [0.717, 1.165) is 36.7 Å². The zero-order valence-electron chi connectivity index (χ0n) is 12.3. The lowest BCUT2D eigenvalue weighted by Gasteiger charge is -2.28. The lowest BCUT2D eigenvalue weighted by atomic mass is 9.91. The van der Waals surface area contributed by atoms with Crippen molar-refractivity contribution in [1.82, 2.24) is 15.8 Å². The largest absolute Gasteiger partial charge is 0.356 e. The van der Waals surface area contributed by atoms with Crippen molar-refractivity contribution in [2.24, 2.45) is 0 Å². The van der Waals surface area contributed by atoms with Crippen LogP contribution in [0, 0.1) is 0 Å². The molecule has 1 fully saturated rings. The van der Waals surface area contributed by atoms with Crippen molar-refractivity contribution >= 4 is 16.9 Å². The van der Waals surface area contributed by atoms with Gasteiger partial charge in [0.15, 0.2) is 5.58 Å². The van der Waals surface area contributed by atoms with Crippen LogP contribution in [0.1, 0.15) is 31.4 Å². The Kier molecular flexibility index (Phi) is 4.20. The summed E-state index contributed by atoms with van der Waals surface area (Å²) in [4.78, 5) is 12.2. The molecule has 0 spiro atoms. The van der Waals surface area contributed by atoms with E-state index in [1.165, 1.54) is 0 Å². The fourth-order valence-electron chi connectivity index (χ4n) is 3.02. The number of hydrogen-bond donors (Lipinski definition) is 2. The monoisotopic (exact) mass is 287 g/mol. The van der Waals surface area contributed by atoms with Crippen LogP contribution in [-0.2, 0) is 11.2 Å². The van der Waals surface area contributed by atoms with E-state index < -0.39 is 0 Å². The molecule has 2 aromatic rings. The molecular weight excluding hydrogens is 266 g/mol. The molecule has 2 N–H and O–H groups in total. The van der Waals surface area contributed by atoms with Gasteiger partial charge in [0, 0.05) is 17.5 Å². The Morgan fingerprint density at radius 3 is 2.71 bits per heavy atom. The highest BCUT2D eigenvalue weighted by Gasteiger charge is 2.22. The molecule has 1 aliphatic carbocycles. The maximum absolute atomic E-state index is 12.2. The third-order valence-corrected chi connectivity index (χ3v) is 4.28. The minimum Gasteiger partial charge on any atom is -0.356 e. The van der Waals surface area contributed by atoms with Crippen LogP contribution >= 0.6 is 0 Å². The zero-order chi connectivity index (χ0) is 14.7. The van der Waals surface area contributed by atoms with Gasteiger partial charge in [-0.05, 0) is 44.9 Å². The highest BCUT2D eigenvalue weighted by molar-refractivity contribution is 5.86. The number of fused-ring (bicyclic) bond motifs is 1. The average molecular weight is 287 g/mol. The first-order chi connectivity index (χ1) is 10.3. The highest BCUT2D eigenvalue weighted by atomic mass is 16.5. The number of nitrogens with zero attached hydrogens (tertiary/aromatic N) is 1. The zero-order valence-corrected chi connectivity index (χ0v) is 12.3. The van der Waals surface area contributed by atoms with Crippen LogP contribution in [0.4, 0.5) is 0 Å². The van der Waals surface area contributed by atoms with Crippen molar-refractivity contribution in [1.29, 1.82) is 0 Å². The molecule has 3 rings (SSSR count). The average Bonchev–Trinajstić information content (AvgIpc) is 2.91. The molecule has 112 valence electrons. The Hall–Kier alpha value is -1.88. The summed E-state index contributed by atoms with van der Waals surface area (Å²) in [5.74, 6) is 0.0296. The molecular formula is C16H21N3O2. The topological polar surface area (TPSA) is 67.2 Å². The molecule has 0 bridgehead atoms. The molecule has 0 radical (unpaired) electrons. The highest BCUT2D eigenvalue weighted by Crippen LogP contribution is 2.20. The SMILES string of the molecule is CNC1CCC(NC(=O)Cc2noc3ccccc23)CC1. The van der Waals surface area contributed by atoms with Crippen LogP contribution in [-0.4, -0.2) is 30.2 Å². The molecule has 0 aliphatic heterocycles. The Morgan fingerprint density at radius 2 is 1.95 bits per heavy atom. The number of aromatic nitrogens is 1. The molecule has 1 aromatic carbocycles. The second-order valence-corrected chi connectivity index (χ2v) is 5.71. The van der Waals surface area contributed by atoms with Crippen molar-refractivity contribution in [2.75, 3.05) is 7.05 Å². The number of carbonyl (C=O) groups is 1. The predicted molar refractivity (Wildman–Crippen MR) is 81.0 cm³/mol. The minimum atomic E-state index is 0.0296. The lowest BCUT2D eigenvalue weighted by molar-refractivity contribution is -0.121. The minimum absolute atomic E-state index is 0.0296. The van der Waals surface area contributed by atoms with Crippen LogP contribution in [0.5, 0.6) is 0 Å². The first-order valence-corrected chi connectivity index (χ1v) is 7.56. The van der Waals surface area contributed by atoms with Gasteiger partial charge < -0.3 is 15.2 Å². The van der Waals surface area contributed by atoms with Crippen molar-refractivity contribution in [3.05, 3.63) is 30.0 Å². The van der Waals surface area contributed by atoms with Gasteiger partial charge in [0.25, 0.3) is 0 Å². The van der Waals surface area contributed by atoms with Crippen LogP contribution in [0.25, 0.3) is 11.0 Å². The fraction of sp³-hybridized carbons (Fsp3) is 0.500. The summed E-state index contributed by atoms with van der Waals surface area (Å²) < 4.78 is 5.23. The van der Waals surface area contributed by atoms with Crippen molar-refractivity contribution in [3.8, 4) is 0 Å². The smallest absolute Gasteiger partial charge is 0.226 e. The van der Waals surface area contributed by atoms with E-state index in [4.69, 9.17) is 4.52 Å². The number of nitrogens with one attached hydrogen (secondary N) is 2. The summed E-state index contributed by atoms with van der Waals surface area (Å²) in [6.45, 7) is 0. The molecule has 1 aromatic heterocycles. The van der Waals surface area contributed by atoms with E-state index in [-0.39, 0.29) is 12.3 Å². The third-order valence-electron chi connectivity index (χ3n) is 4.28. The summed E-state index contributed by atoms with van der Waals surface area (Å²) in [5.41, 5.74) is 1.45. The van der Waals surface area contributed by atoms with Crippen LogP contribution in [0.2, 0.25) is 0 Å². The number of amides is 1. The summed E-state index contributed by atoms with van der Waals surface area (Å²) >= 11 is 0. The number of para-hydroxylation sites is 1. The second-order valence-electron chi connectivity index (χ2n) is 5.71. The quantitative estimate of drug-likeness (QED) is 0.903. The summed E-state index contributed by atoms with van der Waals surface area (Å²) in [5, 5.41) is 11.3. The summed E-state index contributed by atoms with van der Waals surface area (Å²) in [6.07, 6.45) is 4.60. The van der Waals surface area contributed by atoms with E-state index in [1.54, 1.807) is 0 Å². The Morgan fingerprint density at radius 1 is 1.24 bits per heavy atom. The van der Waals surface area contributed by atoms with E-state index >= 15 is 0 Å². The maximum Gasteiger partial charge on any atom is 0.226 e. The van der Waals surface area contributed by atoms with Gasteiger partial charge in [0.2, 0.25) is 5.91 Å². The second kappa shape index (κ2) is 6.26. The van der Waals surface area contributed by atoms with Crippen LogP contribution in [0.3, 0.4) is 0 Å². The van der Waals surface area contributed by atoms with Gasteiger partial charge in [-0.1, -0.05) is 17.3 Å². The molecule has 1 heterocycles. The fourth-order valence-corrected chi connectivity index (χ4v) is 3.02. The summed E-state index contributed by atoms with van der Waals surface area (Å²) in [7, 11) is 2.00. The first-order valence-electron chi connectivity index (χ1n) is 7.56. The number of benzene rings is 1. The number of carbonyl (C=O) groups excluding carboxylic acids is 1. The van der Waals surface area contributed by atoms with Crippen molar-refractivity contribution < 1.29 is 9.32 Å². The standard InChI is InChI=1S/C16H21N3O2/c1-17-11-6-8-12(9-7-11)18-16(20)10-14-13-4-2-3-5-15(13)21-19-14/h2-5,11-12,17H,6-10H2,1H3,(H,18,20). The normalized spacial score (nSPS) is 22.3. The third kappa shape index (κ3) is 3.24. The Bertz CT molecular complexity index is 615. The molecule has 5 heteroatoms. The molecule has 1 amide bonds. The van der Waals surface area contributed by atoms with Crippen molar-refractivity contribution in [3.63, 3.8) is 0 Å². The lowest BCUT2D eigenvalue weighted by Crippen LogP contribution is -2.41. The van der Waals surface area contributed by atoms with Crippen LogP contribution in [0.15, 0.2) is 28.8 Å². The van der Waals surface area contributed by atoms with Gasteiger partial charge >= 0.3 is 0 Å². The van der Waals surface area contributed by atoms with E-state index in [2.05, 4.69) is 15.8 Å². The van der Waals surface area contributed by atoms with E-state index in [0.29, 0.717) is 17.8 Å². The Balaban J connectivity index is 1.57. The summed E-state index contributed by atoms with van der Waals surface area (Å²) in [6, 6.07) is 8.52. The molecule has 0 unspecified atom stereocenters. The van der Waals surface area contributed by atoms with Gasteiger partial charge in [-0.3, -0.25) is 4.79 Å². The molecule has 5 nitrogen and oxygen atoms in total. The number of hydrogen-bond acceptors (Lipinski definition) is 4. The van der Waals surface area contributed by atoms with E-state index in [1.807, 2.05) is 31.3 Å². The van der Waals surface area contributed by atoms with Gasteiger partial charge in [0.1, 0.15) is 5.69 Å². The first kappa shape index (κ1) is 14.1.